The molecule has 0 aromatic carbocycles. The largest absolute Gasteiger partial charge is 0.480 e. The number of aromatic amines is 1. The molecule has 0 saturated carbocycles. The summed E-state index contributed by atoms with van der Waals surface area (Å²) >= 11 is 0. The molecule has 0 aliphatic carbocycles. The van der Waals surface area contributed by atoms with Gasteiger partial charge in [0.1, 0.15) is 10.4 Å². The first-order valence-corrected chi connectivity index (χ1v) is 7.63. The number of hydrogen-bond donors (Lipinski definition) is 3. The van der Waals surface area contributed by atoms with Gasteiger partial charge in [-0.1, -0.05) is 0 Å². The first-order valence-electron chi connectivity index (χ1n) is 6.15. The van der Waals surface area contributed by atoms with Crippen molar-refractivity contribution < 1.29 is 23.1 Å². The van der Waals surface area contributed by atoms with Gasteiger partial charge in [-0.15, -0.1) is 0 Å². The zero-order valence-electron chi connectivity index (χ0n) is 11.3. The highest BCUT2D eigenvalue weighted by Gasteiger charge is 2.44. The van der Waals surface area contributed by atoms with Gasteiger partial charge in [-0.3, -0.25) is 9.89 Å². The summed E-state index contributed by atoms with van der Waals surface area (Å²) in [4.78, 5) is 11.5. The summed E-state index contributed by atoms with van der Waals surface area (Å²) in [6, 6.07) is 0. The van der Waals surface area contributed by atoms with Crippen molar-refractivity contribution in [3.63, 3.8) is 0 Å². The molecule has 0 atom stereocenters. The highest BCUT2D eigenvalue weighted by molar-refractivity contribution is 7.89. The molecule has 8 nitrogen and oxygen atoms in total. The number of sulfonamides is 1. The first kappa shape index (κ1) is 14.9. The van der Waals surface area contributed by atoms with Crippen molar-refractivity contribution in [2.24, 2.45) is 0 Å². The Bertz CT molecular complexity index is 597. The van der Waals surface area contributed by atoms with Crippen LogP contribution < -0.4 is 4.72 Å². The monoisotopic (exact) mass is 303 g/mol. The molecule has 0 unspecified atom stereocenters. The summed E-state index contributed by atoms with van der Waals surface area (Å²) in [5.41, 5.74) is -0.835. The van der Waals surface area contributed by atoms with Crippen LogP contribution >= 0.6 is 0 Å². The van der Waals surface area contributed by atoms with Crippen LogP contribution in [0.25, 0.3) is 0 Å². The van der Waals surface area contributed by atoms with Gasteiger partial charge in [-0.05, 0) is 13.8 Å². The van der Waals surface area contributed by atoms with Gasteiger partial charge in [0.2, 0.25) is 10.0 Å². The van der Waals surface area contributed by atoms with Crippen molar-refractivity contribution in [2.45, 2.75) is 37.1 Å². The molecule has 20 heavy (non-hydrogen) atoms. The Morgan fingerprint density at radius 2 is 2.00 bits per heavy atom. The lowest BCUT2D eigenvalue weighted by molar-refractivity contribution is -0.147. The maximum atomic E-state index is 12.4. The number of H-pyrrole nitrogens is 1. The number of rotatable bonds is 4. The molecule has 1 aliphatic rings. The number of aliphatic carboxylic acids is 1. The van der Waals surface area contributed by atoms with E-state index in [0.717, 1.165) is 0 Å². The molecular formula is C11H17N3O5S. The van der Waals surface area contributed by atoms with E-state index in [9.17, 15) is 18.3 Å². The Morgan fingerprint density at radius 1 is 1.40 bits per heavy atom. The third-order valence-electron chi connectivity index (χ3n) is 3.41. The van der Waals surface area contributed by atoms with Crippen molar-refractivity contribution in [3.8, 4) is 0 Å². The lowest BCUT2D eigenvalue weighted by Gasteiger charge is -2.33. The van der Waals surface area contributed by atoms with Crippen LogP contribution in [0.3, 0.4) is 0 Å². The van der Waals surface area contributed by atoms with E-state index in [1.807, 2.05) is 0 Å². The van der Waals surface area contributed by atoms with E-state index >= 15 is 0 Å². The standard InChI is InChI=1S/C11H17N3O5S/c1-7-9(8(2)13-12-7)20(17,18)14-11(10(15)16)3-5-19-6-4-11/h14H,3-6H2,1-2H3,(H,12,13)(H,15,16). The van der Waals surface area contributed by atoms with Gasteiger partial charge in [0, 0.05) is 26.1 Å². The third-order valence-corrected chi connectivity index (χ3v) is 5.21. The van der Waals surface area contributed by atoms with E-state index in [-0.39, 0.29) is 31.0 Å². The molecule has 0 amide bonds. The minimum Gasteiger partial charge on any atom is -0.480 e. The molecule has 9 heteroatoms. The van der Waals surface area contributed by atoms with Crippen LogP contribution in [0.15, 0.2) is 4.90 Å². The first-order chi connectivity index (χ1) is 9.28. The molecule has 0 spiro atoms. The van der Waals surface area contributed by atoms with Gasteiger partial charge in [-0.2, -0.15) is 9.82 Å². The fourth-order valence-electron chi connectivity index (χ4n) is 2.32. The number of ether oxygens (including phenoxy) is 1. The third kappa shape index (κ3) is 2.56. The molecule has 1 aromatic heterocycles. The second kappa shape index (κ2) is 5.15. The van der Waals surface area contributed by atoms with E-state index in [1.54, 1.807) is 13.8 Å². The Kier molecular flexibility index (Phi) is 3.85. The van der Waals surface area contributed by atoms with Gasteiger partial charge < -0.3 is 9.84 Å². The fourth-order valence-corrected chi connectivity index (χ4v) is 4.12. The summed E-state index contributed by atoms with van der Waals surface area (Å²) in [7, 11) is -3.96. The highest BCUT2D eigenvalue weighted by Crippen LogP contribution is 2.25. The van der Waals surface area contributed by atoms with Crippen LogP contribution in [-0.2, 0) is 19.6 Å². The Hall–Kier alpha value is -1.45. The summed E-state index contributed by atoms with van der Waals surface area (Å²) in [5.74, 6) is -1.19. The van der Waals surface area contributed by atoms with Crippen LogP contribution in [0.2, 0.25) is 0 Å². The van der Waals surface area contributed by atoms with Crippen molar-refractivity contribution in [3.05, 3.63) is 11.4 Å². The van der Waals surface area contributed by atoms with Gasteiger partial charge in [0.15, 0.2) is 0 Å². The normalized spacial score (nSPS) is 18.9. The van der Waals surface area contributed by atoms with Crippen molar-refractivity contribution in [1.29, 1.82) is 0 Å². The SMILES string of the molecule is Cc1n[nH]c(C)c1S(=O)(=O)NC1(C(=O)O)CCOCC1. The van der Waals surface area contributed by atoms with Crippen LogP contribution in [0.4, 0.5) is 0 Å². The summed E-state index contributed by atoms with van der Waals surface area (Å²) in [6.45, 7) is 3.54. The molecular weight excluding hydrogens is 286 g/mol. The number of nitrogens with one attached hydrogen (secondary N) is 2. The Labute approximate surface area is 116 Å². The lowest BCUT2D eigenvalue weighted by Crippen LogP contribution is -2.57. The molecule has 112 valence electrons. The van der Waals surface area contributed by atoms with E-state index in [1.165, 1.54) is 0 Å². The molecule has 0 bridgehead atoms. The second-order valence-electron chi connectivity index (χ2n) is 4.87. The zero-order valence-corrected chi connectivity index (χ0v) is 12.1. The number of nitrogens with zero attached hydrogens (tertiary/aromatic N) is 1. The van der Waals surface area contributed by atoms with Crippen LogP contribution in [0, 0.1) is 13.8 Å². The van der Waals surface area contributed by atoms with Crippen LogP contribution in [0.1, 0.15) is 24.2 Å². The minimum atomic E-state index is -3.96. The van der Waals surface area contributed by atoms with E-state index in [2.05, 4.69) is 14.9 Å². The van der Waals surface area contributed by atoms with Crippen LogP contribution in [0.5, 0.6) is 0 Å². The van der Waals surface area contributed by atoms with E-state index < -0.39 is 21.5 Å². The molecule has 1 aliphatic heterocycles. The van der Waals surface area contributed by atoms with Crippen molar-refractivity contribution in [1.82, 2.24) is 14.9 Å². The quantitative estimate of drug-likeness (QED) is 0.716. The molecule has 3 N–H and O–H groups in total. The number of hydrogen-bond acceptors (Lipinski definition) is 5. The Morgan fingerprint density at radius 3 is 2.45 bits per heavy atom. The maximum absolute atomic E-state index is 12.4. The molecule has 1 saturated heterocycles. The topological polar surface area (TPSA) is 121 Å². The number of carboxylic acids is 1. The van der Waals surface area contributed by atoms with Gasteiger partial charge in [-0.25, -0.2) is 8.42 Å². The summed E-state index contributed by atoms with van der Waals surface area (Å²) < 4.78 is 32.3. The molecule has 1 aromatic rings. The lowest BCUT2D eigenvalue weighted by atomic mass is 9.92. The number of aromatic nitrogens is 2. The zero-order chi connectivity index (χ0) is 15.0. The van der Waals surface area contributed by atoms with Gasteiger partial charge in [0.05, 0.1) is 11.4 Å². The fraction of sp³-hybridized carbons (Fsp3) is 0.636. The Balaban J connectivity index is 2.38. The molecule has 2 rings (SSSR count). The average molecular weight is 303 g/mol. The van der Waals surface area contributed by atoms with Gasteiger partial charge >= 0.3 is 5.97 Å². The number of aryl methyl sites for hydroxylation is 2. The average Bonchev–Trinajstić information content (AvgIpc) is 2.70. The molecule has 0 radical (unpaired) electrons. The highest BCUT2D eigenvalue weighted by atomic mass is 32.2. The summed E-state index contributed by atoms with van der Waals surface area (Å²) in [5, 5.41) is 15.8. The molecule has 1 fully saturated rings. The van der Waals surface area contributed by atoms with E-state index in [4.69, 9.17) is 4.74 Å². The van der Waals surface area contributed by atoms with Crippen LogP contribution in [-0.4, -0.2) is 48.4 Å². The van der Waals surface area contributed by atoms with Gasteiger partial charge in [0.25, 0.3) is 0 Å². The van der Waals surface area contributed by atoms with E-state index in [0.29, 0.717) is 11.4 Å². The maximum Gasteiger partial charge on any atom is 0.325 e. The predicted molar refractivity (Wildman–Crippen MR) is 68.8 cm³/mol. The number of carboxylic acid groups (broad SMARTS) is 1. The predicted octanol–water partition coefficient (Wildman–Crippen LogP) is -0.0614. The molecule has 2 heterocycles. The number of carbonyl (C=O) groups is 1. The van der Waals surface area contributed by atoms with Crippen molar-refractivity contribution >= 4 is 16.0 Å². The minimum absolute atomic E-state index is 0.00427. The smallest absolute Gasteiger partial charge is 0.325 e. The van der Waals surface area contributed by atoms with Crippen molar-refractivity contribution in [2.75, 3.05) is 13.2 Å². The second-order valence-corrected chi connectivity index (χ2v) is 6.49. The summed E-state index contributed by atoms with van der Waals surface area (Å²) in [6.07, 6.45) is 0.190.